The van der Waals surface area contributed by atoms with E-state index in [0.29, 0.717) is 0 Å². The molecular weight excluding hydrogens is 192 g/mol. The summed E-state index contributed by atoms with van der Waals surface area (Å²) in [5.41, 5.74) is 0. The van der Waals surface area contributed by atoms with Crippen molar-refractivity contribution in [1.82, 2.24) is 9.80 Å². The molecule has 0 radical (unpaired) electrons. The predicted octanol–water partition coefficient (Wildman–Crippen LogP) is 0.451. The number of nitrogens with zero attached hydrogens (tertiary/aromatic N) is 2. The first-order chi connectivity index (χ1) is 7.19. The highest BCUT2D eigenvalue weighted by molar-refractivity contribution is 4.72. The van der Waals surface area contributed by atoms with E-state index in [4.69, 9.17) is 0 Å². The van der Waals surface area contributed by atoms with E-state index < -0.39 is 0 Å². The third-order valence-electron chi connectivity index (χ3n) is 3.14. The predicted molar refractivity (Wildman–Crippen MR) is 60.4 cm³/mol. The van der Waals surface area contributed by atoms with Crippen LogP contribution in [0.1, 0.15) is 33.1 Å². The minimum Gasteiger partial charge on any atom is -0.378 e. The van der Waals surface area contributed by atoms with Crippen molar-refractivity contribution in [2.24, 2.45) is 0 Å². The van der Waals surface area contributed by atoms with Gasteiger partial charge >= 0.3 is 0 Å². The molecule has 0 bridgehead atoms. The molecule has 1 aliphatic heterocycles. The largest absolute Gasteiger partial charge is 0.378 e. The number of hydrogen-bond acceptors (Lipinski definition) is 4. The van der Waals surface area contributed by atoms with Crippen LogP contribution in [-0.4, -0.2) is 58.6 Å². The quantitative estimate of drug-likeness (QED) is 0.716. The summed E-state index contributed by atoms with van der Waals surface area (Å²) in [6.45, 7) is 7.56. The van der Waals surface area contributed by atoms with Crippen molar-refractivity contribution in [2.75, 3.05) is 26.2 Å². The summed E-state index contributed by atoms with van der Waals surface area (Å²) in [7, 11) is 0. The van der Waals surface area contributed by atoms with Gasteiger partial charge in [0.05, 0.1) is 0 Å². The molecule has 1 aliphatic rings. The molecule has 90 valence electrons. The van der Waals surface area contributed by atoms with Crippen LogP contribution in [0.5, 0.6) is 0 Å². The summed E-state index contributed by atoms with van der Waals surface area (Å²) in [6.07, 6.45) is 1.94. The summed E-state index contributed by atoms with van der Waals surface area (Å²) in [6, 6.07) is 0. The standard InChI is InChI=1S/C11H24N2O2/c1-3-10(14)12-6-5-7-13(9-8-12)11(15)4-2/h10-11,14-15H,3-9H2,1-2H3. The van der Waals surface area contributed by atoms with E-state index in [1.807, 2.05) is 13.8 Å². The van der Waals surface area contributed by atoms with E-state index in [1.54, 1.807) is 0 Å². The normalized spacial score (nSPS) is 24.8. The van der Waals surface area contributed by atoms with E-state index in [1.165, 1.54) is 0 Å². The van der Waals surface area contributed by atoms with Crippen LogP contribution in [-0.2, 0) is 0 Å². The molecule has 0 spiro atoms. The van der Waals surface area contributed by atoms with Gasteiger partial charge < -0.3 is 10.2 Å². The molecule has 2 N–H and O–H groups in total. The maximum absolute atomic E-state index is 9.73. The second kappa shape index (κ2) is 6.43. The number of rotatable bonds is 4. The lowest BCUT2D eigenvalue weighted by Crippen LogP contribution is -2.40. The van der Waals surface area contributed by atoms with Gasteiger partial charge in [-0.3, -0.25) is 9.80 Å². The summed E-state index contributed by atoms with van der Waals surface area (Å²) in [5, 5.41) is 19.5. The molecule has 2 atom stereocenters. The molecule has 0 aromatic heterocycles. The first-order valence-corrected chi connectivity index (χ1v) is 6.03. The summed E-state index contributed by atoms with van der Waals surface area (Å²) < 4.78 is 0. The van der Waals surface area contributed by atoms with Gasteiger partial charge in [-0.1, -0.05) is 13.8 Å². The fourth-order valence-electron chi connectivity index (χ4n) is 2.07. The van der Waals surface area contributed by atoms with Gasteiger partial charge in [0.1, 0.15) is 12.5 Å². The summed E-state index contributed by atoms with van der Waals surface area (Å²) >= 11 is 0. The molecule has 1 saturated heterocycles. The molecular formula is C11H24N2O2. The molecule has 0 aromatic rings. The molecule has 0 aromatic carbocycles. The van der Waals surface area contributed by atoms with E-state index >= 15 is 0 Å². The highest BCUT2D eigenvalue weighted by atomic mass is 16.3. The van der Waals surface area contributed by atoms with Crippen LogP contribution in [0.3, 0.4) is 0 Å². The van der Waals surface area contributed by atoms with E-state index in [9.17, 15) is 10.2 Å². The van der Waals surface area contributed by atoms with Gasteiger partial charge in [0.2, 0.25) is 0 Å². The first kappa shape index (κ1) is 12.9. The number of hydrogen-bond donors (Lipinski definition) is 2. The van der Waals surface area contributed by atoms with Crippen LogP contribution in [0.15, 0.2) is 0 Å². The molecule has 4 nitrogen and oxygen atoms in total. The topological polar surface area (TPSA) is 46.9 Å². The van der Waals surface area contributed by atoms with E-state index in [0.717, 1.165) is 45.4 Å². The first-order valence-electron chi connectivity index (χ1n) is 6.03. The Morgan fingerprint density at radius 1 is 0.867 bits per heavy atom. The van der Waals surface area contributed by atoms with Crippen LogP contribution >= 0.6 is 0 Å². The number of aliphatic hydroxyl groups is 2. The lowest BCUT2D eigenvalue weighted by Gasteiger charge is -2.27. The fraction of sp³-hybridized carbons (Fsp3) is 1.00. The Kier molecular flexibility index (Phi) is 5.53. The molecule has 1 fully saturated rings. The molecule has 15 heavy (non-hydrogen) atoms. The Labute approximate surface area is 92.5 Å². The maximum atomic E-state index is 9.73. The van der Waals surface area contributed by atoms with Gasteiger partial charge in [-0.15, -0.1) is 0 Å². The fourth-order valence-corrected chi connectivity index (χ4v) is 2.07. The van der Waals surface area contributed by atoms with Gasteiger partial charge in [-0.2, -0.15) is 0 Å². The third-order valence-corrected chi connectivity index (χ3v) is 3.14. The van der Waals surface area contributed by atoms with E-state index in [2.05, 4.69) is 9.80 Å². The summed E-state index contributed by atoms with van der Waals surface area (Å²) in [5.74, 6) is 0. The maximum Gasteiger partial charge on any atom is 0.107 e. The van der Waals surface area contributed by atoms with Crippen molar-refractivity contribution in [3.8, 4) is 0 Å². The highest BCUT2D eigenvalue weighted by Crippen LogP contribution is 2.10. The molecule has 2 unspecified atom stereocenters. The Morgan fingerprint density at radius 2 is 1.27 bits per heavy atom. The van der Waals surface area contributed by atoms with Crippen LogP contribution < -0.4 is 0 Å². The van der Waals surface area contributed by atoms with Gasteiger partial charge in [0.25, 0.3) is 0 Å². The molecule has 1 rings (SSSR count). The highest BCUT2D eigenvalue weighted by Gasteiger charge is 2.21. The van der Waals surface area contributed by atoms with Crippen LogP contribution in [0.2, 0.25) is 0 Å². The van der Waals surface area contributed by atoms with Crippen molar-refractivity contribution in [3.63, 3.8) is 0 Å². The van der Waals surface area contributed by atoms with Crippen molar-refractivity contribution < 1.29 is 10.2 Å². The molecule has 1 heterocycles. The van der Waals surface area contributed by atoms with Crippen LogP contribution in [0.4, 0.5) is 0 Å². The smallest absolute Gasteiger partial charge is 0.107 e. The molecule has 0 amide bonds. The van der Waals surface area contributed by atoms with Gasteiger partial charge in [-0.25, -0.2) is 0 Å². The van der Waals surface area contributed by atoms with Gasteiger partial charge in [0.15, 0.2) is 0 Å². The Bertz CT molecular complexity index is 160. The average molecular weight is 216 g/mol. The second-order valence-corrected chi connectivity index (χ2v) is 4.20. The zero-order valence-electron chi connectivity index (χ0n) is 9.89. The van der Waals surface area contributed by atoms with E-state index in [-0.39, 0.29) is 12.5 Å². The molecule has 0 saturated carbocycles. The minimum absolute atomic E-state index is 0.316. The monoisotopic (exact) mass is 216 g/mol. The van der Waals surface area contributed by atoms with Gasteiger partial charge in [0, 0.05) is 26.2 Å². The zero-order valence-corrected chi connectivity index (χ0v) is 9.89. The van der Waals surface area contributed by atoms with Crippen molar-refractivity contribution in [3.05, 3.63) is 0 Å². The summed E-state index contributed by atoms with van der Waals surface area (Å²) in [4.78, 5) is 4.20. The van der Waals surface area contributed by atoms with Crippen molar-refractivity contribution >= 4 is 0 Å². The van der Waals surface area contributed by atoms with Crippen LogP contribution in [0, 0.1) is 0 Å². The number of aliphatic hydroxyl groups excluding tert-OH is 2. The Morgan fingerprint density at radius 3 is 1.60 bits per heavy atom. The third kappa shape index (κ3) is 3.72. The second-order valence-electron chi connectivity index (χ2n) is 4.20. The Balaban J connectivity index is 2.41. The Hall–Kier alpha value is -0.160. The average Bonchev–Trinajstić information content (AvgIpc) is 2.52. The lowest BCUT2D eigenvalue weighted by atomic mass is 10.3. The minimum atomic E-state index is -0.316. The SMILES string of the molecule is CCC(O)N1CCCN(C(O)CC)CC1. The molecule has 0 aliphatic carbocycles. The van der Waals surface area contributed by atoms with Crippen molar-refractivity contribution in [1.29, 1.82) is 0 Å². The zero-order chi connectivity index (χ0) is 11.3. The van der Waals surface area contributed by atoms with Gasteiger partial charge in [-0.05, 0) is 19.3 Å². The van der Waals surface area contributed by atoms with Crippen LogP contribution in [0.25, 0.3) is 0 Å². The lowest BCUT2D eigenvalue weighted by molar-refractivity contribution is -0.0133. The van der Waals surface area contributed by atoms with Crippen molar-refractivity contribution in [2.45, 2.75) is 45.6 Å². The molecule has 4 heteroatoms.